The molecule has 0 aromatic heterocycles. The van der Waals surface area contributed by atoms with Gasteiger partial charge in [-0.15, -0.1) is 0 Å². The van der Waals surface area contributed by atoms with Gasteiger partial charge >= 0.3 is 0 Å². The second-order valence-electron chi connectivity index (χ2n) is 6.96. The number of benzene rings is 2. The second kappa shape index (κ2) is 9.73. The molecule has 1 aliphatic carbocycles. The molecule has 1 fully saturated rings. The summed E-state index contributed by atoms with van der Waals surface area (Å²) < 4.78 is 5.59. The van der Waals surface area contributed by atoms with Gasteiger partial charge in [0.05, 0.1) is 0 Å². The molecule has 0 aliphatic heterocycles. The van der Waals surface area contributed by atoms with E-state index in [0.717, 1.165) is 12.8 Å². The number of ether oxygens (including phenoxy) is 1. The lowest BCUT2D eigenvalue weighted by Crippen LogP contribution is -2.35. The van der Waals surface area contributed by atoms with Crippen molar-refractivity contribution >= 4 is 23.4 Å². The number of carbonyl (C=O) groups excluding carboxylic acids is 3. The zero-order chi connectivity index (χ0) is 20.6. The molecule has 1 saturated carbocycles. The van der Waals surface area contributed by atoms with Gasteiger partial charge in [-0.2, -0.15) is 0 Å². The molecule has 152 valence electrons. The van der Waals surface area contributed by atoms with Gasteiger partial charge in [-0.3, -0.25) is 14.4 Å². The van der Waals surface area contributed by atoms with Crippen molar-refractivity contribution in [2.24, 2.45) is 5.92 Å². The molecule has 3 rings (SSSR count). The van der Waals surface area contributed by atoms with Gasteiger partial charge in [-0.25, -0.2) is 0 Å². The Balaban J connectivity index is 1.42. The Morgan fingerprint density at radius 1 is 0.966 bits per heavy atom. The third-order valence-corrected chi connectivity index (χ3v) is 4.50. The van der Waals surface area contributed by atoms with Crippen molar-refractivity contribution in [3.05, 3.63) is 60.2 Å². The fourth-order valence-electron chi connectivity index (χ4n) is 2.66. The van der Waals surface area contributed by atoms with Gasteiger partial charge in [0.1, 0.15) is 5.75 Å². The number of hydrogen-bond donors (Lipinski definition) is 3. The van der Waals surface area contributed by atoms with Crippen LogP contribution < -0.4 is 20.7 Å². The van der Waals surface area contributed by atoms with Crippen LogP contribution in [0, 0.1) is 5.92 Å². The summed E-state index contributed by atoms with van der Waals surface area (Å²) in [5.74, 6) is 0.330. The van der Waals surface area contributed by atoms with Crippen LogP contribution >= 0.6 is 0 Å². The fraction of sp³-hybridized carbons (Fsp3) is 0.318. The molecule has 1 atom stereocenters. The van der Waals surface area contributed by atoms with Crippen LogP contribution in [0.1, 0.15) is 30.1 Å². The minimum absolute atomic E-state index is 0.0600. The zero-order valence-corrected chi connectivity index (χ0v) is 16.3. The van der Waals surface area contributed by atoms with Crippen LogP contribution in [-0.4, -0.2) is 36.9 Å². The highest BCUT2D eigenvalue weighted by atomic mass is 16.5. The molecule has 0 bridgehead atoms. The van der Waals surface area contributed by atoms with Crippen LogP contribution in [0.15, 0.2) is 54.6 Å². The number of carbonyl (C=O) groups is 3. The maximum absolute atomic E-state index is 12.3. The Morgan fingerprint density at radius 2 is 1.62 bits per heavy atom. The largest absolute Gasteiger partial charge is 0.481 e. The van der Waals surface area contributed by atoms with E-state index in [4.69, 9.17) is 4.74 Å². The molecule has 0 heterocycles. The first-order valence-electron chi connectivity index (χ1n) is 9.71. The van der Waals surface area contributed by atoms with Crippen LogP contribution in [-0.2, 0) is 9.59 Å². The summed E-state index contributed by atoms with van der Waals surface area (Å²) >= 11 is 0. The van der Waals surface area contributed by atoms with Crippen molar-refractivity contribution in [1.29, 1.82) is 0 Å². The average Bonchev–Trinajstić information content (AvgIpc) is 3.57. The number of nitrogens with one attached hydrogen (secondary N) is 3. The maximum Gasteiger partial charge on any atom is 0.265 e. The summed E-state index contributed by atoms with van der Waals surface area (Å²) in [6.07, 6.45) is 1.25. The summed E-state index contributed by atoms with van der Waals surface area (Å²) in [7, 11) is 0. The lowest BCUT2D eigenvalue weighted by Gasteiger charge is -2.15. The normalized spacial score (nSPS) is 13.8. The predicted molar refractivity (Wildman–Crippen MR) is 110 cm³/mol. The smallest absolute Gasteiger partial charge is 0.265 e. The molecule has 0 saturated heterocycles. The minimum atomic E-state index is -0.661. The highest BCUT2D eigenvalue weighted by molar-refractivity contribution is 5.96. The van der Waals surface area contributed by atoms with Crippen molar-refractivity contribution in [2.45, 2.75) is 25.9 Å². The summed E-state index contributed by atoms with van der Waals surface area (Å²) in [6.45, 7) is 2.45. The number of rotatable bonds is 9. The Hall–Kier alpha value is -3.35. The van der Waals surface area contributed by atoms with Gasteiger partial charge in [0.25, 0.3) is 11.8 Å². The zero-order valence-electron chi connectivity index (χ0n) is 16.3. The van der Waals surface area contributed by atoms with E-state index < -0.39 is 6.10 Å². The highest BCUT2D eigenvalue weighted by Gasteiger charge is 2.29. The molecular weight excluding hydrogens is 370 g/mol. The van der Waals surface area contributed by atoms with Crippen molar-refractivity contribution in [3.63, 3.8) is 0 Å². The lowest BCUT2D eigenvalue weighted by molar-refractivity contribution is -0.122. The van der Waals surface area contributed by atoms with E-state index >= 15 is 0 Å². The molecule has 7 heteroatoms. The second-order valence-corrected chi connectivity index (χ2v) is 6.96. The Labute approximate surface area is 169 Å². The van der Waals surface area contributed by atoms with E-state index in [-0.39, 0.29) is 23.6 Å². The first-order valence-corrected chi connectivity index (χ1v) is 9.71. The SMILES string of the molecule is CC(Oc1ccccc1)C(=O)Nc1ccc(C(=O)NCCNC(=O)C2CC2)cc1. The average molecular weight is 395 g/mol. The van der Waals surface area contributed by atoms with Gasteiger partial charge < -0.3 is 20.7 Å². The third-order valence-electron chi connectivity index (χ3n) is 4.50. The molecule has 0 radical (unpaired) electrons. The van der Waals surface area contributed by atoms with Crippen molar-refractivity contribution < 1.29 is 19.1 Å². The van der Waals surface area contributed by atoms with E-state index in [1.165, 1.54) is 0 Å². The first kappa shape index (κ1) is 20.4. The number of amides is 3. The van der Waals surface area contributed by atoms with Gasteiger partial charge in [0.2, 0.25) is 5.91 Å². The molecule has 29 heavy (non-hydrogen) atoms. The quantitative estimate of drug-likeness (QED) is 0.568. The van der Waals surface area contributed by atoms with E-state index in [2.05, 4.69) is 16.0 Å². The molecule has 1 unspecified atom stereocenters. The van der Waals surface area contributed by atoms with Gasteiger partial charge in [0.15, 0.2) is 6.10 Å². The molecule has 2 aromatic carbocycles. The molecule has 3 amide bonds. The maximum atomic E-state index is 12.3. The van der Waals surface area contributed by atoms with Crippen molar-refractivity contribution in [3.8, 4) is 5.75 Å². The van der Waals surface area contributed by atoms with E-state index in [9.17, 15) is 14.4 Å². The van der Waals surface area contributed by atoms with Crippen molar-refractivity contribution in [1.82, 2.24) is 10.6 Å². The van der Waals surface area contributed by atoms with Gasteiger partial charge in [-0.05, 0) is 56.2 Å². The molecular formula is C22H25N3O4. The molecule has 3 N–H and O–H groups in total. The summed E-state index contributed by atoms with van der Waals surface area (Å²) in [4.78, 5) is 35.9. The van der Waals surface area contributed by atoms with E-state index in [1.54, 1.807) is 43.3 Å². The van der Waals surface area contributed by atoms with Crippen LogP contribution in [0.3, 0.4) is 0 Å². The number of para-hydroxylation sites is 1. The first-order chi connectivity index (χ1) is 14.0. The van der Waals surface area contributed by atoms with Gasteiger partial charge in [-0.1, -0.05) is 18.2 Å². The Bertz CT molecular complexity index is 848. The molecule has 0 spiro atoms. The molecule has 7 nitrogen and oxygen atoms in total. The molecule has 1 aliphatic rings. The minimum Gasteiger partial charge on any atom is -0.481 e. The van der Waals surface area contributed by atoms with Crippen LogP contribution in [0.4, 0.5) is 5.69 Å². The summed E-state index contributed by atoms with van der Waals surface area (Å²) in [6, 6.07) is 15.7. The van der Waals surface area contributed by atoms with E-state index in [1.807, 2.05) is 18.2 Å². The van der Waals surface area contributed by atoms with Gasteiger partial charge in [0, 0.05) is 30.3 Å². The lowest BCUT2D eigenvalue weighted by atomic mass is 10.2. The summed E-state index contributed by atoms with van der Waals surface area (Å²) in [5, 5.41) is 8.32. The van der Waals surface area contributed by atoms with Crippen molar-refractivity contribution in [2.75, 3.05) is 18.4 Å². The third kappa shape index (κ3) is 6.34. The van der Waals surface area contributed by atoms with E-state index in [0.29, 0.717) is 30.1 Å². The highest BCUT2D eigenvalue weighted by Crippen LogP contribution is 2.28. The predicted octanol–water partition coefficient (Wildman–Crippen LogP) is 2.35. The number of hydrogen-bond acceptors (Lipinski definition) is 4. The molecule has 2 aromatic rings. The van der Waals surface area contributed by atoms with Crippen LogP contribution in [0.25, 0.3) is 0 Å². The van der Waals surface area contributed by atoms with Crippen LogP contribution in [0.5, 0.6) is 5.75 Å². The Morgan fingerprint density at radius 3 is 2.28 bits per heavy atom. The standard InChI is InChI=1S/C22H25N3O4/c1-15(29-19-5-3-2-4-6-19)20(26)25-18-11-9-17(10-12-18)22(28)24-14-13-23-21(27)16-7-8-16/h2-6,9-12,15-16H,7-8,13-14H2,1H3,(H,23,27)(H,24,28)(H,25,26). The number of anilines is 1. The summed E-state index contributed by atoms with van der Waals surface area (Å²) in [5.41, 5.74) is 1.05. The topological polar surface area (TPSA) is 96.5 Å². The Kier molecular flexibility index (Phi) is 6.84. The van der Waals surface area contributed by atoms with Crippen LogP contribution in [0.2, 0.25) is 0 Å². The monoisotopic (exact) mass is 395 g/mol. The fourth-order valence-corrected chi connectivity index (χ4v) is 2.66.